The van der Waals surface area contributed by atoms with Crippen molar-refractivity contribution in [1.82, 2.24) is 14.9 Å². The molecule has 1 N–H and O–H groups in total. The second-order valence-electron chi connectivity index (χ2n) is 5.24. The van der Waals surface area contributed by atoms with E-state index in [0.717, 1.165) is 31.4 Å². The first kappa shape index (κ1) is 13.2. The quantitative estimate of drug-likeness (QED) is 0.770. The fraction of sp³-hybridized carbons (Fsp3) is 0.769. The average Bonchev–Trinajstić information content (AvgIpc) is 2.62. The molecule has 92 valence electrons. The SMILES string of the molecule is CC(C)CCn1ccnc1CNCC(C)C. The van der Waals surface area contributed by atoms with Crippen molar-refractivity contribution in [1.29, 1.82) is 0 Å². The van der Waals surface area contributed by atoms with Crippen molar-refractivity contribution in [2.45, 2.75) is 47.2 Å². The number of hydrogen-bond acceptors (Lipinski definition) is 2. The van der Waals surface area contributed by atoms with Gasteiger partial charge >= 0.3 is 0 Å². The number of aromatic nitrogens is 2. The van der Waals surface area contributed by atoms with E-state index < -0.39 is 0 Å². The lowest BCUT2D eigenvalue weighted by atomic mass is 10.1. The van der Waals surface area contributed by atoms with Crippen molar-refractivity contribution in [2.24, 2.45) is 11.8 Å². The Bertz CT molecular complexity index is 289. The average molecular weight is 223 g/mol. The first-order chi connectivity index (χ1) is 7.59. The lowest BCUT2D eigenvalue weighted by molar-refractivity contribution is 0.487. The summed E-state index contributed by atoms with van der Waals surface area (Å²) in [6.45, 7) is 12.0. The van der Waals surface area contributed by atoms with Gasteiger partial charge in [0.1, 0.15) is 5.82 Å². The minimum atomic E-state index is 0.694. The molecule has 0 aromatic carbocycles. The van der Waals surface area contributed by atoms with Gasteiger partial charge in [-0.3, -0.25) is 0 Å². The van der Waals surface area contributed by atoms with Crippen molar-refractivity contribution >= 4 is 0 Å². The maximum atomic E-state index is 4.39. The third kappa shape index (κ3) is 4.79. The maximum absolute atomic E-state index is 4.39. The zero-order valence-electron chi connectivity index (χ0n) is 11.0. The molecule has 1 aromatic rings. The summed E-state index contributed by atoms with van der Waals surface area (Å²) in [6.07, 6.45) is 5.19. The van der Waals surface area contributed by atoms with E-state index >= 15 is 0 Å². The van der Waals surface area contributed by atoms with Gasteiger partial charge in [0.05, 0.1) is 6.54 Å². The van der Waals surface area contributed by atoms with Crippen LogP contribution in [0, 0.1) is 11.8 Å². The van der Waals surface area contributed by atoms with E-state index in [4.69, 9.17) is 0 Å². The second kappa shape index (κ2) is 6.69. The molecule has 16 heavy (non-hydrogen) atoms. The van der Waals surface area contributed by atoms with E-state index in [1.165, 1.54) is 6.42 Å². The smallest absolute Gasteiger partial charge is 0.122 e. The van der Waals surface area contributed by atoms with Gasteiger partial charge in [0.2, 0.25) is 0 Å². The normalized spacial score (nSPS) is 11.6. The lowest BCUT2D eigenvalue weighted by Crippen LogP contribution is -2.21. The molecule has 0 bridgehead atoms. The van der Waals surface area contributed by atoms with E-state index in [-0.39, 0.29) is 0 Å². The standard InChI is InChI=1S/C13H25N3/c1-11(2)5-7-16-8-6-15-13(16)10-14-9-12(3)4/h6,8,11-12,14H,5,7,9-10H2,1-4H3. The van der Waals surface area contributed by atoms with Gasteiger partial charge in [-0.05, 0) is 24.8 Å². The van der Waals surface area contributed by atoms with Crippen LogP contribution in [0.5, 0.6) is 0 Å². The van der Waals surface area contributed by atoms with Crippen molar-refractivity contribution in [3.63, 3.8) is 0 Å². The zero-order valence-corrected chi connectivity index (χ0v) is 11.0. The summed E-state index contributed by atoms with van der Waals surface area (Å²) in [5.41, 5.74) is 0. The number of aryl methyl sites for hydroxylation is 1. The second-order valence-corrected chi connectivity index (χ2v) is 5.24. The predicted molar refractivity (Wildman–Crippen MR) is 68.2 cm³/mol. The molecule has 3 heteroatoms. The van der Waals surface area contributed by atoms with E-state index in [2.05, 4.69) is 48.8 Å². The Morgan fingerprint density at radius 3 is 2.62 bits per heavy atom. The highest BCUT2D eigenvalue weighted by Crippen LogP contribution is 2.05. The van der Waals surface area contributed by atoms with Crippen LogP contribution in [0.25, 0.3) is 0 Å². The third-order valence-electron chi connectivity index (χ3n) is 2.58. The van der Waals surface area contributed by atoms with E-state index in [0.29, 0.717) is 5.92 Å². The fourth-order valence-corrected chi connectivity index (χ4v) is 1.58. The highest BCUT2D eigenvalue weighted by molar-refractivity contribution is 4.91. The highest BCUT2D eigenvalue weighted by Gasteiger charge is 2.03. The Balaban J connectivity index is 2.38. The fourth-order valence-electron chi connectivity index (χ4n) is 1.58. The van der Waals surface area contributed by atoms with Crippen molar-refractivity contribution < 1.29 is 0 Å². The summed E-state index contributed by atoms with van der Waals surface area (Å²) in [5, 5.41) is 3.43. The summed E-state index contributed by atoms with van der Waals surface area (Å²) < 4.78 is 2.26. The molecule has 0 saturated heterocycles. The molecule has 1 rings (SSSR count). The van der Waals surface area contributed by atoms with Crippen LogP contribution in [-0.4, -0.2) is 16.1 Å². The molecule has 0 aliphatic carbocycles. The Morgan fingerprint density at radius 1 is 1.25 bits per heavy atom. The summed E-state index contributed by atoms with van der Waals surface area (Å²) in [7, 11) is 0. The van der Waals surface area contributed by atoms with Crippen LogP contribution in [0.3, 0.4) is 0 Å². The summed E-state index contributed by atoms with van der Waals surface area (Å²) in [5.74, 6) is 2.60. The van der Waals surface area contributed by atoms with Crippen molar-refractivity contribution in [2.75, 3.05) is 6.54 Å². The first-order valence-electron chi connectivity index (χ1n) is 6.30. The summed E-state index contributed by atoms with van der Waals surface area (Å²) in [6, 6.07) is 0. The number of nitrogens with zero attached hydrogens (tertiary/aromatic N) is 2. The minimum absolute atomic E-state index is 0.694. The molecule has 0 fully saturated rings. The van der Waals surface area contributed by atoms with Gasteiger partial charge in [-0.25, -0.2) is 4.98 Å². The van der Waals surface area contributed by atoms with Gasteiger partial charge in [0, 0.05) is 18.9 Å². The van der Waals surface area contributed by atoms with Crippen LogP contribution in [0.2, 0.25) is 0 Å². The minimum Gasteiger partial charge on any atom is -0.334 e. The first-order valence-corrected chi connectivity index (χ1v) is 6.30. The largest absolute Gasteiger partial charge is 0.334 e. The number of rotatable bonds is 7. The summed E-state index contributed by atoms with van der Waals surface area (Å²) in [4.78, 5) is 4.39. The molecule has 3 nitrogen and oxygen atoms in total. The molecule has 0 spiro atoms. The number of hydrogen-bond donors (Lipinski definition) is 1. The van der Waals surface area contributed by atoms with Gasteiger partial charge in [0.25, 0.3) is 0 Å². The molecule has 1 heterocycles. The van der Waals surface area contributed by atoms with E-state index in [1.54, 1.807) is 0 Å². The van der Waals surface area contributed by atoms with E-state index in [9.17, 15) is 0 Å². The topological polar surface area (TPSA) is 29.9 Å². The number of imidazole rings is 1. The van der Waals surface area contributed by atoms with E-state index in [1.807, 2.05) is 6.20 Å². The van der Waals surface area contributed by atoms with Crippen LogP contribution in [0.15, 0.2) is 12.4 Å². The van der Waals surface area contributed by atoms with Crippen LogP contribution in [-0.2, 0) is 13.1 Å². The molecule has 0 unspecified atom stereocenters. The van der Waals surface area contributed by atoms with Gasteiger partial charge in [-0.1, -0.05) is 27.7 Å². The molecular weight excluding hydrogens is 198 g/mol. The highest BCUT2D eigenvalue weighted by atomic mass is 15.1. The van der Waals surface area contributed by atoms with Gasteiger partial charge < -0.3 is 9.88 Å². The molecule has 0 aliphatic heterocycles. The Morgan fingerprint density at radius 2 is 2.00 bits per heavy atom. The molecule has 1 aromatic heterocycles. The molecule has 0 aliphatic rings. The molecular formula is C13H25N3. The molecule has 0 amide bonds. The Kier molecular flexibility index (Phi) is 5.53. The number of nitrogens with one attached hydrogen (secondary N) is 1. The zero-order chi connectivity index (χ0) is 12.0. The molecule has 0 saturated carbocycles. The molecule has 0 atom stereocenters. The third-order valence-corrected chi connectivity index (χ3v) is 2.58. The van der Waals surface area contributed by atoms with Gasteiger partial charge in [-0.2, -0.15) is 0 Å². The predicted octanol–water partition coefficient (Wildman–Crippen LogP) is 2.67. The van der Waals surface area contributed by atoms with Crippen LogP contribution >= 0.6 is 0 Å². The van der Waals surface area contributed by atoms with Crippen LogP contribution in [0.4, 0.5) is 0 Å². The van der Waals surface area contributed by atoms with Crippen LogP contribution in [0.1, 0.15) is 39.9 Å². The van der Waals surface area contributed by atoms with Gasteiger partial charge in [-0.15, -0.1) is 0 Å². The lowest BCUT2D eigenvalue weighted by Gasteiger charge is -2.11. The van der Waals surface area contributed by atoms with Crippen molar-refractivity contribution in [3.8, 4) is 0 Å². The summed E-state index contributed by atoms with van der Waals surface area (Å²) >= 11 is 0. The van der Waals surface area contributed by atoms with Crippen LogP contribution < -0.4 is 5.32 Å². The van der Waals surface area contributed by atoms with Crippen molar-refractivity contribution in [3.05, 3.63) is 18.2 Å². The monoisotopic (exact) mass is 223 g/mol. The molecule has 0 radical (unpaired) electrons. The maximum Gasteiger partial charge on any atom is 0.122 e. The Labute approximate surface area is 99.3 Å². The Hall–Kier alpha value is -0.830. The van der Waals surface area contributed by atoms with Gasteiger partial charge in [0.15, 0.2) is 0 Å².